The predicted octanol–water partition coefficient (Wildman–Crippen LogP) is 3.74. The summed E-state index contributed by atoms with van der Waals surface area (Å²) >= 11 is 0. The summed E-state index contributed by atoms with van der Waals surface area (Å²) in [6.45, 7) is 8.77. The Balaban J connectivity index is 2.06. The zero-order valence-corrected chi connectivity index (χ0v) is 11.7. The average molecular weight is 249 g/mol. The fraction of sp³-hybridized carbons (Fsp3) is 0.625. The topological polar surface area (TPSA) is 12.0 Å². The molecule has 1 aromatic rings. The Morgan fingerprint density at radius 3 is 2.50 bits per heavy atom. The van der Waals surface area contributed by atoms with Gasteiger partial charge in [-0.2, -0.15) is 0 Å². The first-order valence-corrected chi connectivity index (χ1v) is 7.05. The van der Waals surface area contributed by atoms with E-state index in [2.05, 4.69) is 26.1 Å². The molecule has 1 nitrogen and oxygen atoms in total. The highest BCUT2D eigenvalue weighted by molar-refractivity contribution is 5.34. The Morgan fingerprint density at radius 2 is 2.00 bits per heavy atom. The van der Waals surface area contributed by atoms with E-state index in [1.165, 1.54) is 18.4 Å². The van der Waals surface area contributed by atoms with Gasteiger partial charge in [-0.3, -0.25) is 0 Å². The Labute approximate surface area is 110 Å². The van der Waals surface area contributed by atoms with Gasteiger partial charge >= 0.3 is 0 Å². The lowest BCUT2D eigenvalue weighted by molar-refractivity contribution is 0.482. The first-order valence-electron chi connectivity index (χ1n) is 7.05. The van der Waals surface area contributed by atoms with Crippen LogP contribution in [0.3, 0.4) is 0 Å². The highest BCUT2D eigenvalue weighted by Gasteiger charge is 2.53. The molecule has 0 saturated heterocycles. The van der Waals surface area contributed by atoms with Gasteiger partial charge < -0.3 is 5.32 Å². The van der Waals surface area contributed by atoms with E-state index in [0.29, 0.717) is 5.92 Å². The van der Waals surface area contributed by atoms with E-state index in [9.17, 15) is 4.39 Å². The second kappa shape index (κ2) is 5.40. The maximum atomic E-state index is 13.0. The van der Waals surface area contributed by atoms with Gasteiger partial charge in [0.05, 0.1) is 0 Å². The van der Waals surface area contributed by atoms with E-state index >= 15 is 0 Å². The minimum Gasteiger partial charge on any atom is -0.316 e. The maximum absolute atomic E-state index is 13.0. The summed E-state index contributed by atoms with van der Waals surface area (Å²) < 4.78 is 13.0. The van der Waals surface area contributed by atoms with Crippen LogP contribution in [0.5, 0.6) is 0 Å². The van der Waals surface area contributed by atoms with E-state index in [4.69, 9.17) is 0 Å². The number of hydrogen-bond donors (Lipinski definition) is 1. The zero-order chi connectivity index (χ0) is 13.2. The fourth-order valence-corrected chi connectivity index (χ4v) is 2.95. The highest BCUT2D eigenvalue weighted by atomic mass is 19.1. The minimum absolute atomic E-state index is 0.141. The molecule has 0 aromatic heterocycles. The van der Waals surface area contributed by atoms with E-state index in [1.807, 2.05) is 12.1 Å². The first-order chi connectivity index (χ1) is 8.58. The standard InChI is InChI=1S/C16H24FN/c1-4-13-9-16(13,11-18-10-12(2)3)14-5-7-15(17)8-6-14/h5-8,12-13,18H,4,9-11H2,1-3H3. The van der Waals surface area contributed by atoms with Crippen molar-refractivity contribution < 1.29 is 4.39 Å². The van der Waals surface area contributed by atoms with Crippen LogP contribution >= 0.6 is 0 Å². The van der Waals surface area contributed by atoms with E-state index in [-0.39, 0.29) is 11.2 Å². The van der Waals surface area contributed by atoms with Gasteiger partial charge in [0, 0.05) is 12.0 Å². The van der Waals surface area contributed by atoms with Crippen LogP contribution in [0.25, 0.3) is 0 Å². The van der Waals surface area contributed by atoms with Gasteiger partial charge in [0.25, 0.3) is 0 Å². The van der Waals surface area contributed by atoms with E-state index < -0.39 is 0 Å². The lowest BCUT2D eigenvalue weighted by Crippen LogP contribution is -2.31. The molecular weight excluding hydrogens is 225 g/mol. The molecular formula is C16H24FN. The van der Waals surface area contributed by atoms with E-state index in [0.717, 1.165) is 19.0 Å². The number of rotatable bonds is 6. The summed E-state index contributed by atoms with van der Waals surface area (Å²) in [7, 11) is 0. The first kappa shape index (κ1) is 13.5. The van der Waals surface area contributed by atoms with Crippen molar-refractivity contribution in [1.29, 1.82) is 0 Å². The smallest absolute Gasteiger partial charge is 0.123 e. The summed E-state index contributed by atoms with van der Waals surface area (Å²) in [5, 5.41) is 3.57. The highest BCUT2D eigenvalue weighted by Crippen LogP contribution is 2.55. The number of nitrogens with one attached hydrogen (secondary N) is 1. The fourth-order valence-electron chi connectivity index (χ4n) is 2.95. The third kappa shape index (κ3) is 2.74. The summed E-state index contributed by atoms with van der Waals surface area (Å²) in [6, 6.07) is 7.10. The average Bonchev–Trinajstić information content (AvgIpc) is 3.04. The largest absolute Gasteiger partial charge is 0.316 e. The van der Waals surface area contributed by atoms with Crippen LogP contribution in [0.15, 0.2) is 24.3 Å². The SMILES string of the molecule is CCC1CC1(CNCC(C)C)c1ccc(F)cc1. The van der Waals surface area contributed by atoms with Crippen molar-refractivity contribution >= 4 is 0 Å². The van der Waals surface area contributed by atoms with Gasteiger partial charge in [-0.1, -0.05) is 39.3 Å². The Kier molecular flexibility index (Phi) is 4.06. The van der Waals surface area contributed by atoms with Gasteiger partial charge in [0.1, 0.15) is 5.82 Å². The second-order valence-electron chi connectivity index (χ2n) is 6.00. The summed E-state index contributed by atoms with van der Waals surface area (Å²) in [5.74, 6) is 1.29. The van der Waals surface area contributed by atoms with Crippen molar-refractivity contribution in [3.8, 4) is 0 Å². The lowest BCUT2D eigenvalue weighted by Gasteiger charge is -2.20. The van der Waals surface area contributed by atoms with E-state index in [1.54, 1.807) is 12.1 Å². The third-order valence-corrected chi connectivity index (χ3v) is 4.14. The van der Waals surface area contributed by atoms with Gasteiger partial charge in [-0.05, 0) is 42.5 Å². The molecule has 0 radical (unpaired) electrons. The second-order valence-corrected chi connectivity index (χ2v) is 6.00. The molecule has 0 heterocycles. The van der Waals surface area contributed by atoms with Crippen molar-refractivity contribution in [2.45, 2.75) is 39.0 Å². The molecule has 2 rings (SSSR count). The molecule has 0 amide bonds. The quantitative estimate of drug-likeness (QED) is 0.810. The Morgan fingerprint density at radius 1 is 1.33 bits per heavy atom. The van der Waals surface area contributed by atoms with Crippen molar-refractivity contribution in [3.05, 3.63) is 35.6 Å². The van der Waals surface area contributed by atoms with Crippen LogP contribution in [-0.4, -0.2) is 13.1 Å². The molecule has 0 aliphatic heterocycles. The summed E-state index contributed by atoms with van der Waals surface area (Å²) in [4.78, 5) is 0. The minimum atomic E-state index is -0.141. The van der Waals surface area contributed by atoms with Crippen molar-refractivity contribution in [2.75, 3.05) is 13.1 Å². The summed E-state index contributed by atoms with van der Waals surface area (Å²) in [5.41, 5.74) is 1.56. The number of benzene rings is 1. The predicted molar refractivity (Wildman–Crippen MR) is 74.2 cm³/mol. The molecule has 18 heavy (non-hydrogen) atoms. The molecule has 2 heteroatoms. The molecule has 2 unspecified atom stereocenters. The lowest BCUT2D eigenvalue weighted by atomic mass is 9.92. The van der Waals surface area contributed by atoms with Crippen molar-refractivity contribution in [1.82, 2.24) is 5.32 Å². The molecule has 1 fully saturated rings. The zero-order valence-electron chi connectivity index (χ0n) is 11.7. The monoisotopic (exact) mass is 249 g/mol. The van der Waals surface area contributed by atoms with Crippen LogP contribution in [0.4, 0.5) is 4.39 Å². The van der Waals surface area contributed by atoms with Gasteiger partial charge in [-0.25, -0.2) is 4.39 Å². The van der Waals surface area contributed by atoms with Crippen LogP contribution in [0, 0.1) is 17.7 Å². The maximum Gasteiger partial charge on any atom is 0.123 e. The van der Waals surface area contributed by atoms with Crippen LogP contribution in [-0.2, 0) is 5.41 Å². The van der Waals surface area contributed by atoms with Crippen molar-refractivity contribution in [3.63, 3.8) is 0 Å². The molecule has 2 atom stereocenters. The van der Waals surface area contributed by atoms with Gasteiger partial charge in [-0.15, -0.1) is 0 Å². The number of hydrogen-bond acceptors (Lipinski definition) is 1. The molecule has 0 spiro atoms. The molecule has 100 valence electrons. The van der Waals surface area contributed by atoms with Gasteiger partial charge in [0.2, 0.25) is 0 Å². The van der Waals surface area contributed by atoms with Crippen LogP contribution in [0.2, 0.25) is 0 Å². The number of halogens is 1. The normalized spacial score (nSPS) is 26.6. The van der Waals surface area contributed by atoms with Crippen LogP contribution < -0.4 is 5.32 Å². The molecule has 1 aliphatic rings. The summed E-state index contributed by atoms with van der Waals surface area (Å²) in [6.07, 6.45) is 2.45. The Bertz CT molecular complexity index is 385. The Hall–Kier alpha value is -0.890. The molecule has 1 aliphatic carbocycles. The molecule has 1 saturated carbocycles. The van der Waals surface area contributed by atoms with Crippen molar-refractivity contribution in [2.24, 2.45) is 11.8 Å². The van der Waals surface area contributed by atoms with Gasteiger partial charge in [0.15, 0.2) is 0 Å². The molecule has 1 aromatic carbocycles. The van der Waals surface area contributed by atoms with Crippen LogP contribution in [0.1, 0.15) is 39.2 Å². The molecule has 1 N–H and O–H groups in total. The third-order valence-electron chi connectivity index (χ3n) is 4.14. The molecule has 0 bridgehead atoms.